The van der Waals surface area contributed by atoms with Crippen molar-refractivity contribution >= 4 is 5.78 Å². The molecule has 5 nitrogen and oxygen atoms in total. The van der Waals surface area contributed by atoms with Gasteiger partial charge in [0.25, 0.3) is 6.33 Å². The van der Waals surface area contributed by atoms with Gasteiger partial charge in [-0.15, -0.1) is 0 Å². The van der Waals surface area contributed by atoms with E-state index in [1.807, 2.05) is 60.8 Å². The molecule has 0 aliphatic rings. The lowest BCUT2D eigenvalue weighted by molar-refractivity contribution is -0.686. The molecule has 0 aliphatic carbocycles. The van der Waals surface area contributed by atoms with Gasteiger partial charge in [0.05, 0.1) is 20.4 Å². The first-order chi connectivity index (χ1) is 12.2. The van der Waals surface area contributed by atoms with Crippen LogP contribution in [0.25, 0.3) is 11.3 Å². The van der Waals surface area contributed by atoms with Gasteiger partial charge in [-0.3, -0.25) is 4.79 Å². The first-order valence-corrected chi connectivity index (χ1v) is 7.87. The van der Waals surface area contributed by atoms with Crippen LogP contribution < -0.4 is 14.0 Å². The number of hydrogen-bond donors (Lipinski definition) is 0. The van der Waals surface area contributed by atoms with Crippen LogP contribution in [0, 0.1) is 0 Å². The number of Topliss-reactive ketones (excluding diaryl/α,β-unsaturated/α-hetero) is 1. The number of nitrogens with zero attached hydrogens (tertiary/aromatic N) is 2. The summed E-state index contributed by atoms with van der Waals surface area (Å²) in [7, 11) is 3.20. The van der Waals surface area contributed by atoms with Gasteiger partial charge in [0, 0.05) is 17.2 Å². The van der Waals surface area contributed by atoms with Crippen molar-refractivity contribution in [2.45, 2.75) is 6.54 Å². The summed E-state index contributed by atoms with van der Waals surface area (Å²) in [5.41, 5.74) is 2.41. The predicted molar refractivity (Wildman–Crippen MR) is 93.7 cm³/mol. The van der Waals surface area contributed by atoms with Gasteiger partial charge in [-0.25, -0.2) is 4.57 Å². The second-order valence-corrected chi connectivity index (χ2v) is 5.48. The molecule has 0 saturated carbocycles. The van der Waals surface area contributed by atoms with Crippen molar-refractivity contribution in [1.29, 1.82) is 0 Å². The van der Waals surface area contributed by atoms with Gasteiger partial charge < -0.3 is 9.47 Å². The summed E-state index contributed by atoms with van der Waals surface area (Å²) >= 11 is 0. The summed E-state index contributed by atoms with van der Waals surface area (Å²) in [5.74, 6) is 1.37. The molecule has 0 unspecified atom stereocenters. The number of benzene rings is 2. The van der Waals surface area contributed by atoms with Gasteiger partial charge in [0.15, 0.2) is 23.7 Å². The Morgan fingerprint density at radius 2 is 1.76 bits per heavy atom. The molecule has 0 aliphatic heterocycles. The van der Waals surface area contributed by atoms with Crippen LogP contribution in [0.1, 0.15) is 10.4 Å². The van der Waals surface area contributed by atoms with Crippen molar-refractivity contribution in [2.24, 2.45) is 0 Å². The Labute approximate surface area is 146 Å². The second kappa shape index (κ2) is 7.57. The molecule has 1 heterocycles. The number of ether oxygens (including phenoxy) is 2. The van der Waals surface area contributed by atoms with Gasteiger partial charge in [0.2, 0.25) is 5.78 Å². The Hall–Kier alpha value is -3.21. The summed E-state index contributed by atoms with van der Waals surface area (Å²) in [4.78, 5) is 16.7. The van der Waals surface area contributed by atoms with E-state index in [2.05, 4.69) is 4.98 Å². The van der Waals surface area contributed by atoms with Crippen LogP contribution in [-0.2, 0) is 6.54 Å². The molecule has 5 heteroatoms. The molecule has 0 saturated heterocycles. The van der Waals surface area contributed by atoms with Gasteiger partial charge in [0.1, 0.15) is 0 Å². The van der Waals surface area contributed by atoms with E-state index in [0.717, 1.165) is 11.3 Å². The van der Waals surface area contributed by atoms with E-state index in [-0.39, 0.29) is 12.3 Å². The van der Waals surface area contributed by atoms with Gasteiger partial charge in [-0.05, 0) is 23.2 Å². The Kier molecular flexibility index (Phi) is 5.04. The maximum Gasteiger partial charge on any atom is 0.287 e. The largest absolute Gasteiger partial charge is 0.493 e. The van der Waals surface area contributed by atoms with Crippen LogP contribution in [0.15, 0.2) is 67.1 Å². The number of aromatic nitrogens is 2. The monoisotopic (exact) mass is 335 g/mol. The topological polar surface area (TPSA) is 52.3 Å². The third kappa shape index (κ3) is 3.83. The first-order valence-electron chi connectivity index (χ1n) is 7.87. The molecule has 0 fully saturated rings. The Morgan fingerprint density at radius 1 is 1.00 bits per heavy atom. The minimum atomic E-state index is 0.0475. The fourth-order valence-electron chi connectivity index (χ4n) is 2.53. The molecule has 0 radical (unpaired) electrons. The summed E-state index contributed by atoms with van der Waals surface area (Å²) in [6.07, 6.45) is 3.51. The Morgan fingerprint density at radius 3 is 2.40 bits per heavy atom. The lowest BCUT2D eigenvalue weighted by atomic mass is 10.1. The first kappa shape index (κ1) is 16.6. The van der Waals surface area contributed by atoms with Gasteiger partial charge in [-0.2, -0.15) is 0 Å². The van der Waals surface area contributed by atoms with Crippen molar-refractivity contribution in [3.8, 4) is 22.8 Å². The number of hydrogen-bond acceptors (Lipinski definition) is 4. The molecule has 25 heavy (non-hydrogen) atoms. The maximum absolute atomic E-state index is 12.2. The van der Waals surface area contributed by atoms with Crippen LogP contribution in [-0.4, -0.2) is 25.0 Å². The SMILES string of the molecule is COc1ccc(-c2cc[n+](CC(=O)c3ccccc3)cn2)cc1OC. The van der Waals surface area contributed by atoms with Crippen LogP contribution in [0.5, 0.6) is 11.5 Å². The van der Waals surface area contributed by atoms with E-state index in [1.54, 1.807) is 25.1 Å². The minimum absolute atomic E-state index is 0.0475. The third-order valence-corrected chi connectivity index (χ3v) is 3.87. The number of carbonyl (C=O) groups is 1. The molecular weight excluding hydrogens is 316 g/mol. The van der Waals surface area contributed by atoms with E-state index in [1.165, 1.54) is 0 Å². The van der Waals surface area contributed by atoms with Crippen LogP contribution >= 0.6 is 0 Å². The van der Waals surface area contributed by atoms with Gasteiger partial charge in [-0.1, -0.05) is 30.3 Å². The molecule has 1 aromatic heterocycles. The van der Waals surface area contributed by atoms with Crippen molar-refractivity contribution in [1.82, 2.24) is 4.98 Å². The number of carbonyl (C=O) groups excluding carboxylic acids is 1. The normalized spacial score (nSPS) is 10.3. The fraction of sp³-hybridized carbons (Fsp3) is 0.150. The summed E-state index contributed by atoms with van der Waals surface area (Å²) in [6.45, 7) is 0.253. The summed E-state index contributed by atoms with van der Waals surface area (Å²) < 4.78 is 12.3. The average Bonchev–Trinajstić information content (AvgIpc) is 2.68. The number of rotatable bonds is 6. The zero-order chi connectivity index (χ0) is 17.6. The summed E-state index contributed by atoms with van der Waals surface area (Å²) in [5, 5.41) is 0. The highest BCUT2D eigenvalue weighted by Gasteiger charge is 2.13. The molecular formula is C20H19N2O3+. The minimum Gasteiger partial charge on any atom is -0.493 e. The quantitative estimate of drug-likeness (QED) is 0.513. The molecule has 126 valence electrons. The van der Waals surface area contributed by atoms with E-state index >= 15 is 0 Å². The van der Waals surface area contributed by atoms with Crippen LogP contribution in [0.4, 0.5) is 0 Å². The van der Waals surface area contributed by atoms with Crippen molar-refractivity contribution in [2.75, 3.05) is 14.2 Å². The van der Waals surface area contributed by atoms with E-state index in [4.69, 9.17) is 9.47 Å². The van der Waals surface area contributed by atoms with Crippen molar-refractivity contribution in [3.05, 3.63) is 72.7 Å². The standard InChI is InChI=1S/C20H19N2O3/c1-24-19-9-8-16(12-20(19)25-2)17-10-11-22(14-21-17)13-18(23)15-6-4-3-5-7-15/h3-12,14H,13H2,1-2H3/q+1. The highest BCUT2D eigenvalue weighted by atomic mass is 16.5. The second-order valence-electron chi connectivity index (χ2n) is 5.48. The Bertz CT molecular complexity index is 862. The molecule has 0 amide bonds. The predicted octanol–water partition coefficient (Wildman–Crippen LogP) is 2.94. The number of ketones is 1. The molecule has 0 spiro atoms. The van der Waals surface area contributed by atoms with E-state index in [0.29, 0.717) is 17.1 Å². The van der Waals surface area contributed by atoms with Crippen molar-refractivity contribution in [3.63, 3.8) is 0 Å². The van der Waals surface area contributed by atoms with Crippen molar-refractivity contribution < 1.29 is 18.8 Å². The van der Waals surface area contributed by atoms with Gasteiger partial charge >= 0.3 is 0 Å². The molecule has 0 bridgehead atoms. The van der Waals surface area contributed by atoms with Crippen LogP contribution in [0.2, 0.25) is 0 Å². The lowest BCUT2D eigenvalue weighted by Crippen LogP contribution is -2.37. The molecule has 0 atom stereocenters. The molecule has 3 rings (SSSR count). The highest BCUT2D eigenvalue weighted by molar-refractivity contribution is 5.94. The fourth-order valence-corrected chi connectivity index (χ4v) is 2.53. The smallest absolute Gasteiger partial charge is 0.287 e. The Balaban J connectivity index is 1.77. The lowest BCUT2D eigenvalue weighted by Gasteiger charge is -2.08. The summed E-state index contributed by atoms with van der Waals surface area (Å²) in [6, 6.07) is 16.7. The molecule has 2 aromatic carbocycles. The molecule has 3 aromatic rings. The van der Waals surface area contributed by atoms with Crippen LogP contribution in [0.3, 0.4) is 0 Å². The zero-order valence-corrected chi connectivity index (χ0v) is 14.2. The third-order valence-electron chi connectivity index (χ3n) is 3.87. The van der Waals surface area contributed by atoms with E-state index < -0.39 is 0 Å². The average molecular weight is 335 g/mol. The van der Waals surface area contributed by atoms with E-state index in [9.17, 15) is 4.79 Å². The zero-order valence-electron chi connectivity index (χ0n) is 14.2. The number of methoxy groups -OCH3 is 2. The molecule has 0 N–H and O–H groups in total. The maximum atomic E-state index is 12.2. The highest BCUT2D eigenvalue weighted by Crippen LogP contribution is 2.31.